The van der Waals surface area contributed by atoms with Crippen molar-refractivity contribution in [1.29, 1.82) is 5.41 Å². The average Bonchev–Trinajstić information content (AvgIpc) is 2.79. The van der Waals surface area contributed by atoms with Crippen molar-refractivity contribution in [2.45, 2.75) is 33.1 Å². The monoisotopic (exact) mass is 283 g/mol. The summed E-state index contributed by atoms with van der Waals surface area (Å²) in [6.45, 7) is 6.09. The van der Waals surface area contributed by atoms with Gasteiger partial charge in [0.05, 0.1) is 11.4 Å². The van der Waals surface area contributed by atoms with Crippen molar-refractivity contribution in [1.82, 2.24) is 4.98 Å². The average molecular weight is 283 g/mol. The van der Waals surface area contributed by atoms with Crippen molar-refractivity contribution >= 4 is 17.2 Å². The van der Waals surface area contributed by atoms with Crippen LogP contribution in [-0.4, -0.2) is 16.4 Å². The van der Waals surface area contributed by atoms with Gasteiger partial charge in [-0.2, -0.15) is 0 Å². The molecule has 2 N–H and O–H groups in total. The summed E-state index contributed by atoms with van der Waals surface area (Å²) in [5.74, 6) is 0.905. The fourth-order valence-corrected chi connectivity index (χ4v) is 2.73. The number of aromatic nitrogens is 1. The normalized spacial score (nSPS) is 14.3. The molecule has 0 fully saturated rings. The third-order valence-corrected chi connectivity index (χ3v) is 3.89. The number of rotatable bonds is 2. The minimum atomic E-state index is -0.240. The van der Waals surface area contributed by atoms with Crippen LogP contribution in [0, 0.1) is 11.2 Å². The number of H-pyrrole nitrogens is 1. The summed E-state index contributed by atoms with van der Waals surface area (Å²) in [7, 11) is 0. The molecule has 2 aromatic rings. The quantitative estimate of drug-likeness (QED) is 0.808. The van der Waals surface area contributed by atoms with E-state index < -0.39 is 0 Å². The van der Waals surface area contributed by atoms with Gasteiger partial charge >= 0.3 is 0 Å². The van der Waals surface area contributed by atoms with Crippen molar-refractivity contribution < 1.29 is 4.39 Å². The molecule has 0 atom stereocenters. The summed E-state index contributed by atoms with van der Waals surface area (Å²) < 4.78 is 13.2. The summed E-state index contributed by atoms with van der Waals surface area (Å²) >= 11 is 0. The number of nitrogens with one attached hydrogen (secondary N) is 2. The van der Waals surface area contributed by atoms with E-state index in [1.807, 2.05) is 6.92 Å². The zero-order valence-electron chi connectivity index (χ0n) is 12.4. The molecule has 21 heavy (non-hydrogen) atoms. The Balaban J connectivity index is 2.24. The Morgan fingerprint density at radius 2 is 1.90 bits per heavy atom. The van der Waals surface area contributed by atoms with Gasteiger partial charge < -0.3 is 10.4 Å². The second-order valence-electron chi connectivity index (χ2n) is 5.75. The Morgan fingerprint density at radius 3 is 2.52 bits per heavy atom. The van der Waals surface area contributed by atoms with Crippen molar-refractivity contribution in [2.75, 3.05) is 0 Å². The molecule has 4 heteroatoms. The van der Waals surface area contributed by atoms with E-state index in [4.69, 9.17) is 5.41 Å². The Morgan fingerprint density at radius 1 is 1.24 bits per heavy atom. The van der Waals surface area contributed by atoms with Gasteiger partial charge in [0.15, 0.2) is 0 Å². The molecule has 0 amide bonds. The van der Waals surface area contributed by atoms with Gasteiger partial charge in [-0.25, -0.2) is 9.38 Å². The minimum absolute atomic E-state index is 0.240. The first kappa shape index (κ1) is 13.7. The molecule has 0 radical (unpaired) electrons. The van der Waals surface area contributed by atoms with Gasteiger partial charge in [0.25, 0.3) is 0 Å². The minimum Gasteiger partial charge on any atom is -0.343 e. The number of fused-ring (bicyclic) bond motifs is 1. The third kappa shape index (κ3) is 2.31. The van der Waals surface area contributed by atoms with E-state index >= 15 is 0 Å². The van der Waals surface area contributed by atoms with E-state index in [1.165, 1.54) is 12.1 Å². The van der Waals surface area contributed by atoms with E-state index in [-0.39, 0.29) is 5.82 Å². The number of aliphatic imine (C=N–C) groups is 1. The molecule has 1 aromatic carbocycles. The van der Waals surface area contributed by atoms with Crippen LogP contribution in [0.25, 0.3) is 11.1 Å². The van der Waals surface area contributed by atoms with Gasteiger partial charge in [0.1, 0.15) is 11.6 Å². The molecule has 0 aliphatic carbocycles. The Kier molecular flexibility index (Phi) is 3.24. The number of nitrogens with zero attached hydrogens (tertiary/aromatic N) is 1. The summed E-state index contributed by atoms with van der Waals surface area (Å²) in [4.78, 5) is 7.88. The van der Waals surface area contributed by atoms with Gasteiger partial charge in [-0.15, -0.1) is 0 Å². The first-order valence-corrected chi connectivity index (χ1v) is 7.11. The first-order chi connectivity index (χ1) is 9.97. The Hall–Kier alpha value is -2.23. The molecule has 2 heterocycles. The standard InChI is InChI=1S/C17H18FN3/c1-9(2)16-15(11-4-6-12(18)7-5-11)13-8-14(19)10(3)20-17(13)21-16/h4-7,9,19,21H,8H2,1-3H3. The molecule has 0 saturated carbocycles. The van der Waals surface area contributed by atoms with Crippen molar-refractivity contribution in [3.63, 3.8) is 0 Å². The molecular formula is C17H18FN3. The Bertz CT molecular complexity index is 736. The van der Waals surface area contributed by atoms with E-state index in [1.54, 1.807) is 12.1 Å². The highest BCUT2D eigenvalue weighted by Gasteiger charge is 2.25. The maximum Gasteiger partial charge on any atom is 0.134 e. The number of aromatic amines is 1. The number of benzene rings is 1. The topological polar surface area (TPSA) is 52.0 Å². The molecule has 3 nitrogen and oxygen atoms in total. The summed E-state index contributed by atoms with van der Waals surface area (Å²) in [5.41, 5.74) is 5.48. The molecule has 3 rings (SSSR count). The summed E-state index contributed by atoms with van der Waals surface area (Å²) in [5, 5.41) is 8.03. The van der Waals surface area contributed by atoms with Gasteiger partial charge in [-0.1, -0.05) is 26.0 Å². The molecule has 1 aliphatic rings. The smallest absolute Gasteiger partial charge is 0.134 e. The number of halogens is 1. The van der Waals surface area contributed by atoms with Crippen LogP contribution in [-0.2, 0) is 6.42 Å². The van der Waals surface area contributed by atoms with Crippen LogP contribution in [0.4, 0.5) is 10.2 Å². The maximum absolute atomic E-state index is 13.2. The van der Waals surface area contributed by atoms with Crippen LogP contribution in [0.2, 0.25) is 0 Å². The summed E-state index contributed by atoms with van der Waals surface area (Å²) in [6.07, 6.45) is 0.570. The van der Waals surface area contributed by atoms with E-state index in [0.717, 1.165) is 33.9 Å². The zero-order chi connectivity index (χ0) is 15.1. The lowest BCUT2D eigenvalue weighted by Gasteiger charge is -2.13. The molecule has 1 aromatic heterocycles. The lowest BCUT2D eigenvalue weighted by Crippen LogP contribution is -2.15. The number of hydrogen-bond acceptors (Lipinski definition) is 2. The zero-order valence-corrected chi connectivity index (χ0v) is 12.4. The fraction of sp³-hybridized carbons (Fsp3) is 0.294. The second kappa shape index (κ2) is 4.95. The highest BCUT2D eigenvalue weighted by atomic mass is 19.1. The SMILES string of the molecule is CC1=Nc2[nH]c(C(C)C)c(-c3ccc(F)cc3)c2CC1=N. The van der Waals surface area contributed by atoms with Gasteiger partial charge in [0.2, 0.25) is 0 Å². The van der Waals surface area contributed by atoms with Crippen molar-refractivity contribution in [2.24, 2.45) is 4.99 Å². The van der Waals surface area contributed by atoms with E-state index in [9.17, 15) is 4.39 Å². The van der Waals surface area contributed by atoms with Crippen LogP contribution in [0.5, 0.6) is 0 Å². The largest absolute Gasteiger partial charge is 0.343 e. The van der Waals surface area contributed by atoms with Crippen LogP contribution in [0.15, 0.2) is 29.3 Å². The van der Waals surface area contributed by atoms with Gasteiger partial charge in [0, 0.05) is 23.2 Å². The second-order valence-corrected chi connectivity index (χ2v) is 5.75. The maximum atomic E-state index is 13.2. The predicted octanol–water partition coefficient (Wildman–Crippen LogP) is 4.61. The van der Waals surface area contributed by atoms with E-state index in [0.29, 0.717) is 18.1 Å². The third-order valence-electron chi connectivity index (χ3n) is 3.89. The first-order valence-electron chi connectivity index (χ1n) is 7.11. The van der Waals surface area contributed by atoms with Crippen LogP contribution in [0.3, 0.4) is 0 Å². The molecule has 0 saturated heterocycles. The van der Waals surface area contributed by atoms with Crippen LogP contribution < -0.4 is 0 Å². The molecular weight excluding hydrogens is 265 g/mol. The van der Waals surface area contributed by atoms with Crippen LogP contribution in [0.1, 0.15) is 37.9 Å². The van der Waals surface area contributed by atoms with Gasteiger partial charge in [-0.3, -0.25) is 0 Å². The van der Waals surface area contributed by atoms with Crippen LogP contribution >= 0.6 is 0 Å². The number of hydrogen-bond donors (Lipinski definition) is 2. The fourth-order valence-electron chi connectivity index (χ4n) is 2.73. The van der Waals surface area contributed by atoms with Crippen molar-refractivity contribution in [3.05, 3.63) is 41.3 Å². The molecule has 1 aliphatic heterocycles. The lowest BCUT2D eigenvalue weighted by atomic mass is 9.92. The lowest BCUT2D eigenvalue weighted by molar-refractivity contribution is 0.628. The summed E-state index contributed by atoms with van der Waals surface area (Å²) in [6, 6.07) is 6.53. The predicted molar refractivity (Wildman–Crippen MR) is 84.5 cm³/mol. The van der Waals surface area contributed by atoms with E-state index in [2.05, 4.69) is 23.8 Å². The highest BCUT2D eigenvalue weighted by molar-refractivity contribution is 6.42. The highest BCUT2D eigenvalue weighted by Crippen LogP contribution is 2.40. The van der Waals surface area contributed by atoms with Crippen molar-refractivity contribution in [3.8, 4) is 11.1 Å². The molecule has 0 spiro atoms. The molecule has 0 unspecified atom stereocenters. The van der Waals surface area contributed by atoms with Gasteiger partial charge in [-0.05, 0) is 30.5 Å². The molecule has 108 valence electrons. The molecule has 0 bridgehead atoms. The Labute approximate surface area is 123 Å².